The highest BCUT2D eigenvalue weighted by Crippen LogP contribution is 2.24. The van der Waals surface area contributed by atoms with Crippen LogP contribution in [-0.4, -0.2) is 30.4 Å². The van der Waals surface area contributed by atoms with Crippen LogP contribution in [0.5, 0.6) is 5.75 Å². The minimum Gasteiger partial charge on any atom is -0.485 e. The fourth-order valence-electron chi connectivity index (χ4n) is 1.94. The van der Waals surface area contributed by atoms with E-state index >= 15 is 0 Å². The van der Waals surface area contributed by atoms with Gasteiger partial charge in [0.05, 0.1) is 11.7 Å². The highest BCUT2D eigenvalue weighted by atomic mass is 19.1. The molecule has 4 nitrogen and oxygen atoms in total. The summed E-state index contributed by atoms with van der Waals surface area (Å²) < 4.78 is 37.6. The van der Waals surface area contributed by atoms with Gasteiger partial charge in [-0.3, -0.25) is 0 Å². The molecule has 1 unspecified atom stereocenters. The molecule has 104 valence electrons. The van der Waals surface area contributed by atoms with Gasteiger partial charge in [-0.25, -0.2) is 13.6 Å². The number of ether oxygens (including phenoxy) is 2. The van der Waals surface area contributed by atoms with E-state index in [1.807, 2.05) is 0 Å². The summed E-state index contributed by atoms with van der Waals surface area (Å²) in [4.78, 5) is 10.6. The van der Waals surface area contributed by atoms with Crippen molar-refractivity contribution in [2.45, 2.75) is 25.4 Å². The zero-order chi connectivity index (χ0) is 13.8. The monoisotopic (exact) mass is 272 g/mol. The first-order valence-corrected chi connectivity index (χ1v) is 6.04. The molecule has 1 aromatic carbocycles. The predicted octanol–water partition coefficient (Wildman–Crippen LogP) is 2.61. The van der Waals surface area contributed by atoms with E-state index in [-0.39, 0.29) is 12.7 Å². The summed E-state index contributed by atoms with van der Waals surface area (Å²) >= 11 is 0. The Morgan fingerprint density at radius 2 is 2.05 bits per heavy atom. The second-order valence-electron chi connectivity index (χ2n) is 4.37. The number of hydrogen-bond donors (Lipinski definition) is 1. The van der Waals surface area contributed by atoms with Crippen LogP contribution in [0.25, 0.3) is 0 Å². The molecule has 0 spiro atoms. The normalized spacial score (nSPS) is 19.2. The molecule has 6 heteroatoms. The van der Waals surface area contributed by atoms with Crippen molar-refractivity contribution in [3.63, 3.8) is 0 Å². The van der Waals surface area contributed by atoms with Gasteiger partial charge in [-0.15, -0.1) is 0 Å². The number of halogens is 2. The Morgan fingerprint density at radius 1 is 1.37 bits per heavy atom. The highest BCUT2D eigenvalue weighted by molar-refractivity contribution is 5.87. The number of aromatic carboxylic acids is 1. The van der Waals surface area contributed by atoms with Crippen LogP contribution in [0.2, 0.25) is 0 Å². The van der Waals surface area contributed by atoms with Gasteiger partial charge in [0.15, 0.2) is 17.4 Å². The van der Waals surface area contributed by atoms with Crippen LogP contribution in [0.1, 0.15) is 29.6 Å². The molecule has 0 saturated carbocycles. The molecule has 0 bridgehead atoms. The first-order valence-electron chi connectivity index (χ1n) is 6.04. The maximum absolute atomic E-state index is 13.6. The van der Waals surface area contributed by atoms with E-state index in [0.29, 0.717) is 6.61 Å². The molecule has 1 aliphatic heterocycles. The summed E-state index contributed by atoms with van der Waals surface area (Å²) in [6.45, 7) is 0.678. The molecule has 1 aliphatic rings. The number of carbonyl (C=O) groups is 1. The van der Waals surface area contributed by atoms with Gasteiger partial charge in [-0.1, -0.05) is 0 Å². The van der Waals surface area contributed by atoms with E-state index in [1.165, 1.54) is 0 Å². The highest BCUT2D eigenvalue weighted by Gasteiger charge is 2.19. The lowest BCUT2D eigenvalue weighted by atomic mass is 10.1. The van der Waals surface area contributed by atoms with Crippen molar-refractivity contribution in [2.75, 3.05) is 13.2 Å². The van der Waals surface area contributed by atoms with Crippen LogP contribution in [-0.2, 0) is 4.74 Å². The van der Waals surface area contributed by atoms with Gasteiger partial charge in [-0.2, -0.15) is 0 Å². The van der Waals surface area contributed by atoms with Crippen LogP contribution in [0.15, 0.2) is 12.1 Å². The summed E-state index contributed by atoms with van der Waals surface area (Å²) in [5, 5.41) is 8.66. The van der Waals surface area contributed by atoms with Crippen molar-refractivity contribution in [1.82, 2.24) is 0 Å². The number of carboxylic acid groups (broad SMARTS) is 1. The molecule has 1 aromatic rings. The van der Waals surface area contributed by atoms with Crippen molar-refractivity contribution < 1.29 is 28.2 Å². The first-order chi connectivity index (χ1) is 9.08. The average Bonchev–Trinajstić information content (AvgIpc) is 2.38. The van der Waals surface area contributed by atoms with Crippen molar-refractivity contribution in [3.8, 4) is 5.75 Å². The molecule has 1 saturated heterocycles. The van der Waals surface area contributed by atoms with Gasteiger partial charge in [-0.05, 0) is 31.4 Å². The Labute approximate surface area is 108 Å². The van der Waals surface area contributed by atoms with Crippen LogP contribution in [0, 0.1) is 11.6 Å². The third kappa shape index (κ3) is 3.41. The van der Waals surface area contributed by atoms with E-state index in [2.05, 4.69) is 0 Å². The maximum Gasteiger partial charge on any atom is 0.335 e. The molecule has 19 heavy (non-hydrogen) atoms. The van der Waals surface area contributed by atoms with Crippen molar-refractivity contribution in [3.05, 3.63) is 29.3 Å². The third-order valence-electron chi connectivity index (χ3n) is 2.93. The van der Waals surface area contributed by atoms with Crippen molar-refractivity contribution in [2.24, 2.45) is 0 Å². The minimum absolute atomic E-state index is 0.0558. The number of benzene rings is 1. The van der Waals surface area contributed by atoms with Gasteiger partial charge in [0, 0.05) is 6.61 Å². The summed E-state index contributed by atoms with van der Waals surface area (Å²) in [5.41, 5.74) is -0.448. The fourth-order valence-corrected chi connectivity index (χ4v) is 1.94. The number of carboxylic acids is 1. The standard InChI is InChI=1S/C13H14F2O4/c14-10-5-8(13(16)17)6-11(15)12(10)19-7-9-3-1-2-4-18-9/h5-6,9H,1-4,7H2,(H,16,17). The maximum atomic E-state index is 13.6. The molecular formula is C13H14F2O4. The molecule has 1 atom stereocenters. The Hall–Kier alpha value is -1.69. The van der Waals surface area contributed by atoms with E-state index in [0.717, 1.165) is 31.4 Å². The quantitative estimate of drug-likeness (QED) is 0.915. The lowest BCUT2D eigenvalue weighted by Gasteiger charge is -2.22. The predicted molar refractivity (Wildman–Crippen MR) is 62.4 cm³/mol. The van der Waals surface area contributed by atoms with Gasteiger partial charge < -0.3 is 14.6 Å². The second kappa shape index (κ2) is 5.97. The van der Waals surface area contributed by atoms with Gasteiger partial charge in [0.1, 0.15) is 6.61 Å². The average molecular weight is 272 g/mol. The minimum atomic E-state index is -1.39. The van der Waals surface area contributed by atoms with Crippen LogP contribution >= 0.6 is 0 Å². The Morgan fingerprint density at radius 3 is 2.58 bits per heavy atom. The zero-order valence-corrected chi connectivity index (χ0v) is 10.2. The van der Waals surface area contributed by atoms with Crippen LogP contribution in [0.3, 0.4) is 0 Å². The molecular weight excluding hydrogens is 258 g/mol. The molecule has 1 fully saturated rings. The van der Waals surface area contributed by atoms with E-state index < -0.39 is 28.9 Å². The molecule has 0 amide bonds. The van der Waals surface area contributed by atoms with Crippen LogP contribution < -0.4 is 4.74 Å². The Balaban J connectivity index is 2.05. The molecule has 0 radical (unpaired) electrons. The smallest absolute Gasteiger partial charge is 0.335 e. The van der Waals surface area contributed by atoms with Crippen molar-refractivity contribution in [1.29, 1.82) is 0 Å². The van der Waals surface area contributed by atoms with Gasteiger partial charge >= 0.3 is 5.97 Å². The van der Waals surface area contributed by atoms with E-state index in [1.54, 1.807) is 0 Å². The second-order valence-corrected chi connectivity index (χ2v) is 4.37. The van der Waals surface area contributed by atoms with Gasteiger partial charge in [0.2, 0.25) is 0 Å². The Kier molecular flexibility index (Phi) is 4.31. The zero-order valence-electron chi connectivity index (χ0n) is 10.2. The van der Waals surface area contributed by atoms with Crippen LogP contribution in [0.4, 0.5) is 8.78 Å². The number of rotatable bonds is 4. The van der Waals surface area contributed by atoms with Crippen molar-refractivity contribution >= 4 is 5.97 Å². The van der Waals surface area contributed by atoms with E-state index in [4.69, 9.17) is 14.6 Å². The molecule has 1 heterocycles. The molecule has 1 N–H and O–H groups in total. The molecule has 2 rings (SSSR count). The first kappa shape index (κ1) is 13.7. The summed E-state index contributed by atoms with van der Waals surface area (Å²) in [5.74, 6) is -3.99. The Bertz CT molecular complexity index is 447. The molecule has 0 aromatic heterocycles. The molecule has 0 aliphatic carbocycles. The summed E-state index contributed by atoms with van der Waals surface area (Å²) in [6.07, 6.45) is 2.59. The SMILES string of the molecule is O=C(O)c1cc(F)c(OCC2CCCCO2)c(F)c1. The van der Waals surface area contributed by atoms with E-state index in [9.17, 15) is 13.6 Å². The lowest BCUT2D eigenvalue weighted by molar-refractivity contribution is -0.0124. The largest absolute Gasteiger partial charge is 0.485 e. The van der Waals surface area contributed by atoms with Gasteiger partial charge in [0.25, 0.3) is 0 Å². The summed E-state index contributed by atoms with van der Waals surface area (Å²) in [6, 6.07) is 1.48. The number of hydrogen-bond acceptors (Lipinski definition) is 3. The summed E-state index contributed by atoms with van der Waals surface area (Å²) in [7, 11) is 0. The lowest BCUT2D eigenvalue weighted by Crippen LogP contribution is -2.26. The third-order valence-corrected chi connectivity index (χ3v) is 2.93. The topological polar surface area (TPSA) is 55.8 Å². The fraction of sp³-hybridized carbons (Fsp3) is 0.462.